The van der Waals surface area contributed by atoms with Crippen molar-refractivity contribution in [2.45, 2.75) is 48.3 Å². The van der Waals surface area contributed by atoms with E-state index in [1.54, 1.807) is 0 Å². The molecule has 0 aromatic rings. The number of nitrogens with two attached hydrogens (primary N) is 1. The molecule has 0 amide bonds. The molecule has 1 saturated carbocycles. The lowest BCUT2D eigenvalue weighted by molar-refractivity contribution is -0.439. The molecule has 1 spiro atoms. The van der Waals surface area contributed by atoms with Gasteiger partial charge in [-0.15, -0.1) is 0 Å². The van der Waals surface area contributed by atoms with E-state index >= 15 is 0 Å². The molecule has 3 atom stereocenters. The monoisotopic (exact) mass is 297 g/mol. The zero-order valence-electron chi connectivity index (χ0n) is 9.95. The lowest BCUT2D eigenvalue weighted by atomic mass is 10.1. The molecule has 1 aliphatic carbocycles. The average Bonchev–Trinajstić information content (AvgIpc) is 2.73. The summed E-state index contributed by atoms with van der Waals surface area (Å²) in [5.41, 5.74) is 10.2. The highest BCUT2D eigenvalue weighted by Crippen LogP contribution is 2.63. The molecule has 0 aromatic carbocycles. The summed E-state index contributed by atoms with van der Waals surface area (Å²) in [5, 5.41) is 0. The number of rotatable bonds is 2. The summed E-state index contributed by atoms with van der Waals surface area (Å²) in [6, 6.07) is 0. The van der Waals surface area contributed by atoms with E-state index in [1.807, 2.05) is 32.4 Å². The van der Waals surface area contributed by atoms with Crippen LogP contribution < -0.4 is 11.5 Å². The number of hydrogen-bond donors (Lipinski definition) is 2. The number of hydrogen-bond acceptors (Lipinski definition) is 5. The second-order valence-electron chi connectivity index (χ2n) is 5.22. The van der Waals surface area contributed by atoms with Crippen LogP contribution in [-0.4, -0.2) is 26.7 Å². The molecule has 2 nitrogen and oxygen atoms in total. The maximum Gasteiger partial charge on any atom is 0.164 e. The third kappa shape index (κ3) is 2.67. The van der Waals surface area contributed by atoms with E-state index in [4.69, 9.17) is 5.73 Å². The van der Waals surface area contributed by atoms with Gasteiger partial charge in [0, 0.05) is 22.7 Å². The zero-order valence-corrected chi connectivity index (χ0v) is 13.2. The van der Waals surface area contributed by atoms with Crippen molar-refractivity contribution in [3.8, 4) is 0 Å². The standard InChI is InChI=1S/C10H20N2S4/c1-3-4-8(2)6-13-14-7-9(16-15-8)5-10(9,11)12/h3-7,11-12H2,1-2H3/p+1. The summed E-state index contributed by atoms with van der Waals surface area (Å²) in [6.45, 7) is 4.67. The smallest absolute Gasteiger partial charge is 0.164 e. The van der Waals surface area contributed by atoms with Crippen LogP contribution in [0, 0.1) is 0 Å². The van der Waals surface area contributed by atoms with Crippen LogP contribution in [0.25, 0.3) is 0 Å². The topological polar surface area (TPSA) is 53.7 Å². The molecule has 6 heteroatoms. The van der Waals surface area contributed by atoms with Gasteiger partial charge in [0.25, 0.3) is 0 Å². The van der Waals surface area contributed by atoms with Crippen LogP contribution in [0.2, 0.25) is 0 Å². The summed E-state index contributed by atoms with van der Waals surface area (Å²) >= 11 is 0. The fraction of sp³-hybridized carbons (Fsp3) is 1.00. The van der Waals surface area contributed by atoms with Crippen molar-refractivity contribution >= 4 is 43.2 Å². The maximum atomic E-state index is 6.19. The summed E-state index contributed by atoms with van der Waals surface area (Å²) in [5.74, 6) is 2.39. The van der Waals surface area contributed by atoms with Gasteiger partial charge in [0.2, 0.25) is 0 Å². The zero-order chi connectivity index (χ0) is 11.9. The van der Waals surface area contributed by atoms with Gasteiger partial charge in [0.1, 0.15) is 4.75 Å². The molecular weight excluding hydrogens is 276 g/mol. The molecule has 1 heterocycles. The van der Waals surface area contributed by atoms with E-state index in [0.29, 0.717) is 4.75 Å². The predicted octanol–water partition coefficient (Wildman–Crippen LogP) is 2.36. The Morgan fingerprint density at radius 3 is 2.44 bits per heavy atom. The van der Waals surface area contributed by atoms with E-state index in [0.717, 1.165) is 12.2 Å². The molecule has 2 aliphatic rings. The SMILES string of the molecule is CCCC1(C)CSSCC2(CC2(N)[NH3+])SS1. The predicted molar refractivity (Wildman–Crippen MR) is 80.6 cm³/mol. The van der Waals surface area contributed by atoms with Crippen LogP contribution in [0.4, 0.5) is 0 Å². The molecule has 0 aromatic heterocycles. The molecule has 1 aliphatic heterocycles. The van der Waals surface area contributed by atoms with Gasteiger partial charge >= 0.3 is 0 Å². The van der Waals surface area contributed by atoms with Crippen LogP contribution >= 0.6 is 43.2 Å². The van der Waals surface area contributed by atoms with Gasteiger partial charge in [-0.25, -0.2) is 0 Å². The van der Waals surface area contributed by atoms with Gasteiger partial charge in [0.15, 0.2) is 5.66 Å². The summed E-state index contributed by atoms with van der Waals surface area (Å²) < 4.78 is 0.647. The normalized spacial score (nSPS) is 48.8. The van der Waals surface area contributed by atoms with Gasteiger partial charge < -0.3 is 5.73 Å². The van der Waals surface area contributed by atoms with Gasteiger partial charge in [-0.1, -0.05) is 56.5 Å². The first kappa shape index (κ1) is 13.7. The van der Waals surface area contributed by atoms with Crippen molar-refractivity contribution < 1.29 is 5.73 Å². The van der Waals surface area contributed by atoms with Crippen molar-refractivity contribution in [1.82, 2.24) is 0 Å². The van der Waals surface area contributed by atoms with Crippen molar-refractivity contribution in [3.63, 3.8) is 0 Å². The fourth-order valence-electron chi connectivity index (χ4n) is 1.95. The Morgan fingerprint density at radius 1 is 1.25 bits per heavy atom. The minimum Gasteiger partial charge on any atom is -0.339 e. The number of quaternary nitrogens is 1. The van der Waals surface area contributed by atoms with Crippen LogP contribution in [0.15, 0.2) is 0 Å². The molecule has 1 saturated heterocycles. The van der Waals surface area contributed by atoms with Gasteiger partial charge in [0.05, 0.1) is 0 Å². The van der Waals surface area contributed by atoms with E-state index in [9.17, 15) is 0 Å². The van der Waals surface area contributed by atoms with Crippen LogP contribution in [0.5, 0.6) is 0 Å². The highest BCUT2D eigenvalue weighted by Gasteiger charge is 2.69. The van der Waals surface area contributed by atoms with Crippen LogP contribution in [0.1, 0.15) is 33.1 Å². The maximum absolute atomic E-state index is 6.19. The van der Waals surface area contributed by atoms with Crippen molar-refractivity contribution in [1.29, 1.82) is 0 Å². The van der Waals surface area contributed by atoms with Crippen molar-refractivity contribution in [3.05, 3.63) is 0 Å². The van der Waals surface area contributed by atoms with Gasteiger partial charge in [-0.2, -0.15) is 0 Å². The minimum absolute atomic E-state index is 0.178. The Balaban J connectivity index is 2.00. The fourth-order valence-corrected chi connectivity index (χ4v) is 10.2. The molecular formula is C10H21N2S4+. The Labute approximate surface area is 114 Å². The minimum atomic E-state index is -0.178. The Bertz CT molecular complexity index is 274. The van der Waals surface area contributed by atoms with E-state index in [1.165, 1.54) is 18.6 Å². The molecule has 94 valence electrons. The average molecular weight is 298 g/mol. The quantitative estimate of drug-likeness (QED) is 0.605. The highest BCUT2D eigenvalue weighted by molar-refractivity contribution is 8.80. The summed E-state index contributed by atoms with van der Waals surface area (Å²) in [6.07, 6.45) is 3.64. The first-order chi connectivity index (χ1) is 7.43. The van der Waals surface area contributed by atoms with Gasteiger partial charge in [-0.05, 0) is 13.3 Å². The molecule has 2 rings (SSSR count). The van der Waals surface area contributed by atoms with Crippen LogP contribution in [-0.2, 0) is 0 Å². The second kappa shape index (κ2) is 4.78. The van der Waals surface area contributed by atoms with Crippen molar-refractivity contribution in [2.24, 2.45) is 5.73 Å². The Hall–Kier alpha value is 1.32. The largest absolute Gasteiger partial charge is 0.339 e. The molecule has 2 fully saturated rings. The van der Waals surface area contributed by atoms with Gasteiger partial charge in [-0.3, -0.25) is 5.73 Å². The van der Waals surface area contributed by atoms with E-state index < -0.39 is 0 Å². The first-order valence-electron chi connectivity index (χ1n) is 5.69. The van der Waals surface area contributed by atoms with Crippen LogP contribution in [0.3, 0.4) is 0 Å². The first-order valence-corrected chi connectivity index (χ1v) is 10.3. The molecule has 16 heavy (non-hydrogen) atoms. The third-order valence-corrected chi connectivity index (χ3v) is 10.7. The lowest BCUT2D eigenvalue weighted by Crippen LogP contribution is -2.73. The third-order valence-electron chi connectivity index (χ3n) is 3.30. The Kier molecular flexibility index (Phi) is 4.10. The summed E-state index contributed by atoms with van der Waals surface area (Å²) in [4.78, 5) is 0. The molecule has 0 radical (unpaired) electrons. The molecule has 5 N–H and O–H groups in total. The second-order valence-corrected chi connectivity index (χ2v) is 10.8. The summed E-state index contributed by atoms with van der Waals surface area (Å²) in [7, 11) is 8.08. The van der Waals surface area contributed by atoms with E-state index in [-0.39, 0.29) is 10.4 Å². The highest BCUT2D eigenvalue weighted by atomic mass is 33.1. The van der Waals surface area contributed by atoms with Crippen molar-refractivity contribution in [2.75, 3.05) is 11.5 Å². The molecule has 0 bridgehead atoms. The van der Waals surface area contributed by atoms with E-state index in [2.05, 4.69) is 30.4 Å². The Morgan fingerprint density at radius 2 is 1.88 bits per heavy atom. The molecule has 3 unspecified atom stereocenters. The lowest BCUT2D eigenvalue weighted by Gasteiger charge is -2.32.